The number of nitrogens with zero attached hydrogens (tertiary/aromatic N) is 1. The van der Waals surface area contributed by atoms with E-state index < -0.39 is 5.97 Å². The number of benzene rings is 1. The molecule has 0 spiro atoms. The molecule has 1 aromatic carbocycles. The molecule has 0 saturated heterocycles. The Morgan fingerprint density at radius 3 is 3.14 bits per heavy atom. The number of aromatic nitrogens is 2. The molecular weight excluding hydrogens is 180 g/mol. The predicted octanol–water partition coefficient (Wildman–Crippen LogP) is 1.58. The van der Waals surface area contributed by atoms with E-state index in [1.54, 1.807) is 6.33 Å². The molecule has 2 rings (SSSR count). The summed E-state index contributed by atoms with van der Waals surface area (Å²) in [5, 5.41) is 8.57. The molecule has 2 N–H and O–H groups in total. The zero-order chi connectivity index (χ0) is 9.97. The smallest absolute Gasteiger partial charge is 0.303 e. The van der Waals surface area contributed by atoms with Crippen molar-refractivity contribution in [1.82, 2.24) is 9.97 Å². The largest absolute Gasteiger partial charge is 0.481 e. The molecule has 0 radical (unpaired) electrons. The number of carbonyl (C=O) groups is 1. The number of para-hydroxylation sites is 1. The molecular formula is C10H10N2O2. The van der Waals surface area contributed by atoms with Gasteiger partial charge in [0.25, 0.3) is 0 Å². The van der Waals surface area contributed by atoms with Crippen LogP contribution in [0.25, 0.3) is 11.0 Å². The van der Waals surface area contributed by atoms with Crippen molar-refractivity contribution >= 4 is 17.0 Å². The number of rotatable bonds is 3. The quantitative estimate of drug-likeness (QED) is 0.772. The second-order valence-corrected chi connectivity index (χ2v) is 3.11. The number of hydrogen-bond acceptors (Lipinski definition) is 2. The lowest BCUT2D eigenvalue weighted by Gasteiger charge is -1.99. The van der Waals surface area contributed by atoms with E-state index in [0.29, 0.717) is 6.42 Å². The highest BCUT2D eigenvalue weighted by Gasteiger charge is 2.04. The fourth-order valence-corrected chi connectivity index (χ4v) is 1.48. The van der Waals surface area contributed by atoms with Gasteiger partial charge in [-0.05, 0) is 18.1 Å². The van der Waals surface area contributed by atoms with Crippen LogP contribution in [-0.4, -0.2) is 21.0 Å². The van der Waals surface area contributed by atoms with Gasteiger partial charge in [0.05, 0.1) is 17.4 Å². The Morgan fingerprint density at radius 2 is 2.36 bits per heavy atom. The molecule has 0 amide bonds. The first kappa shape index (κ1) is 8.74. The maximum Gasteiger partial charge on any atom is 0.303 e. The van der Waals surface area contributed by atoms with Crippen LogP contribution < -0.4 is 0 Å². The van der Waals surface area contributed by atoms with Gasteiger partial charge in [-0.25, -0.2) is 4.98 Å². The molecule has 0 fully saturated rings. The first-order chi connectivity index (χ1) is 6.77. The lowest BCUT2D eigenvalue weighted by molar-refractivity contribution is -0.136. The van der Waals surface area contributed by atoms with Crippen molar-refractivity contribution in [2.24, 2.45) is 0 Å². The van der Waals surface area contributed by atoms with Gasteiger partial charge < -0.3 is 10.1 Å². The molecule has 14 heavy (non-hydrogen) atoms. The summed E-state index contributed by atoms with van der Waals surface area (Å²) in [5.41, 5.74) is 2.82. The number of imidazole rings is 1. The fourth-order valence-electron chi connectivity index (χ4n) is 1.48. The first-order valence-corrected chi connectivity index (χ1v) is 4.40. The van der Waals surface area contributed by atoms with Gasteiger partial charge in [0.15, 0.2) is 0 Å². The van der Waals surface area contributed by atoms with Crippen LogP contribution in [0.4, 0.5) is 0 Å². The van der Waals surface area contributed by atoms with E-state index in [0.717, 1.165) is 16.6 Å². The van der Waals surface area contributed by atoms with E-state index >= 15 is 0 Å². The predicted molar refractivity (Wildman–Crippen MR) is 52.1 cm³/mol. The zero-order valence-corrected chi connectivity index (χ0v) is 7.53. The molecule has 0 aliphatic rings. The summed E-state index contributed by atoms with van der Waals surface area (Å²) in [6, 6.07) is 5.71. The third kappa shape index (κ3) is 1.59. The normalized spacial score (nSPS) is 10.6. The molecule has 4 heteroatoms. The monoisotopic (exact) mass is 190 g/mol. The fraction of sp³-hybridized carbons (Fsp3) is 0.200. The van der Waals surface area contributed by atoms with Gasteiger partial charge in [-0.1, -0.05) is 12.1 Å². The Morgan fingerprint density at radius 1 is 1.50 bits per heavy atom. The maximum atomic E-state index is 10.4. The Bertz CT molecular complexity index is 462. The standard InChI is InChI=1S/C10H10N2O2/c13-9(14)5-4-7-2-1-3-8-10(7)12-6-11-8/h1-3,6H,4-5H2,(H,11,12)(H,13,14). The number of fused-ring (bicyclic) bond motifs is 1. The van der Waals surface area contributed by atoms with Crippen molar-refractivity contribution in [3.63, 3.8) is 0 Å². The minimum Gasteiger partial charge on any atom is -0.481 e. The number of aryl methyl sites for hydroxylation is 1. The SMILES string of the molecule is O=C(O)CCc1cccc2nc[nH]c12. The van der Waals surface area contributed by atoms with E-state index in [2.05, 4.69) is 9.97 Å². The first-order valence-electron chi connectivity index (χ1n) is 4.40. The molecule has 4 nitrogen and oxygen atoms in total. The van der Waals surface area contributed by atoms with Crippen LogP contribution >= 0.6 is 0 Å². The van der Waals surface area contributed by atoms with E-state index in [9.17, 15) is 4.79 Å². The third-order valence-electron chi connectivity index (χ3n) is 2.15. The van der Waals surface area contributed by atoms with Gasteiger partial charge >= 0.3 is 5.97 Å². The summed E-state index contributed by atoms with van der Waals surface area (Å²) in [6.45, 7) is 0. The van der Waals surface area contributed by atoms with E-state index in [-0.39, 0.29) is 6.42 Å². The molecule has 0 atom stereocenters. The van der Waals surface area contributed by atoms with Crippen molar-refractivity contribution in [3.05, 3.63) is 30.1 Å². The highest BCUT2D eigenvalue weighted by atomic mass is 16.4. The highest BCUT2D eigenvalue weighted by Crippen LogP contribution is 2.15. The number of carboxylic acid groups (broad SMARTS) is 1. The molecule has 0 saturated carbocycles. The molecule has 0 aliphatic carbocycles. The van der Waals surface area contributed by atoms with Crippen LogP contribution in [-0.2, 0) is 11.2 Å². The molecule has 1 heterocycles. The Balaban J connectivity index is 2.32. The molecule has 2 aromatic rings. The highest BCUT2D eigenvalue weighted by molar-refractivity contribution is 5.78. The summed E-state index contributed by atoms with van der Waals surface area (Å²) in [7, 11) is 0. The number of aliphatic carboxylic acids is 1. The summed E-state index contributed by atoms with van der Waals surface area (Å²) in [4.78, 5) is 17.5. The average molecular weight is 190 g/mol. The Kier molecular flexibility index (Phi) is 2.18. The molecule has 1 aromatic heterocycles. The minimum absolute atomic E-state index is 0.151. The number of nitrogens with one attached hydrogen (secondary N) is 1. The summed E-state index contributed by atoms with van der Waals surface area (Å²) < 4.78 is 0. The lowest BCUT2D eigenvalue weighted by Crippen LogP contribution is -1.97. The Labute approximate surface area is 80.6 Å². The summed E-state index contributed by atoms with van der Waals surface area (Å²) >= 11 is 0. The molecule has 0 unspecified atom stereocenters. The van der Waals surface area contributed by atoms with Gasteiger partial charge in [-0.15, -0.1) is 0 Å². The van der Waals surface area contributed by atoms with Gasteiger partial charge in [-0.2, -0.15) is 0 Å². The van der Waals surface area contributed by atoms with Gasteiger partial charge in [0.1, 0.15) is 0 Å². The number of carboxylic acids is 1. The number of aromatic amines is 1. The van der Waals surface area contributed by atoms with Crippen LogP contribution in [0.5, 0.6) is 0 Å². The van der Waals surface area contributed by atoms with Crippen molar-refractivity contribution in [3.8, 4) is 0 Å². The van der Waals surface area contributed by atoms with Crippen LogP contribution in [0.1, 0.15) is 12.0 Å². The topological polar surface area (TPSA) is 66.0 Å². The van der Waals surface area contributed by atoms with Crippen molar-refractivity contribution in [2.45, 2.75) is 12.8 Å². The van der Waals surface area contributed by atoms with Gasteiger partial charge in [0.2, 0.25) is 0 Å². The number of H-pyrrole nitrogens is 1. The summed E-state index contributed by atoms with van der Waals surface area (Å²) in [5.74, 6) is -0.776. The second kappa shape index (κ2) is 3.49. The maximum absolute atomic E-state index is 10.4. The van der Waals surface area contributed by atoms with E-state index in [1.807, 2.05) is 18.2 Å². The zero-order valence-electron chi connectivity index (χ0n) is 7.53. The minimum atomic E-state index is -0.776. The number of hydrogen-bond donors (Lipinski definition) is 2. The molecule has 72 valence electrons. The van der Waals surface area contributed by atoms with Crippen LogP contribution in [0.3, 0.4) is 0 Å². The van der Waals surface area contributed by atoms with Crippen molar-refractivity contribution < 1.29 is 9.90 Å². The third-order valence-corrected chi connectivity index (χ3v) is 2.15. The molecule has 0 aliphatic heterocycles. The van der Waals surface area contributed by atoms with Gasteiger partial charge in [-0.3, -0.25) is 4.79 Å². The average Bonchev–Trinajstić information content (AvgIpc) is 2.62. The Hall–Kier alpha value is -1.84. The van der Waals surface area contributed by atoms with Gasteiger partial charge in [0, 0.05) is 6.42 Å². The second-order valence-electron chi connectivity index (χ2n) is 3.11. The van der Waals surface area contributed by atoms with E-state index in [4.69, 9.17) is 5.11 Å². The lowest BCUT2D eigenvalue weighted by atomic mass is 10.1. The van der Waals surface area contributed by atoms with Crippen molar-refractivity contribution in [2.75, 3.05) is 0 Å². The van der Waals surface area contributed by atoms with Crippen LogP contribution in [0, 0.1) is 0 Å². The van der Waals surface area contributed by atoms with Crippen LogP contribution in [0.2, 0.25) is 0 Å². The van der Waals surface area contributed by atoms with Crippen molar-refractivity contribution in [1.29, 1.82) is 0 Å². The van der Waals surface area contributed by atoms with E-state index in [1.165, 1.54) is 0 Å². The van der Waals surface area contributed by atoms with Crippen LogP contribution in [0.15, 0.2) is 24.5 Å². The summed E-state index contributed by atoms with van der Waals surface area (Å²) in [6.07, 6.45) is 2.31. The molecule has 0 bridgehead atoms.